The minimum absolute atomic E-state index is 0.0528. The van der Waals surface area contributed by atoms with Crippen molar-refractivity contribution >= 4 is 28.5 Å². The van der Waals surface area contributed by atoms with Crippen molar-refractivity contribution in [2.75, 3.05) is 13.7 Å². The van der Waals surface area contributed by atoms with Gasteiger partial charge in [0.05, 0.1) is 30.7 Å². The van der Waals surface area contributed by atoms with Gasteiger partial charge in [0.25, 0.3) is 5.91 Å². The van der Waals surface area contributed by atoms with Crippen LogP contribution in [0, 0.1) is 5.92 Å². The summed E-state index contributed by atoms with van der Waals surface area (Å²) in [6, 6.07) is 19.4. The van der Waals surface area contributed by atoms with Gasteiger partial charge in [0.1, 0.15) is 5.58 Å². The van der Waals surface area contributed by atoms with Crippen LogP contribution < -0.4 is 14.9 Å². The number of halogens is 1. The molecule has 3 aromatic carbocycles. The van der Waals surface area contributed by atoms with Gasteiger partial charge in [0.2, 0.25) is 5.76 Å². The average Bonchev–Trinajstić information content (AvgIpc) is 3.16. The molecule has 4 aromatic rings. The lowest BCUT2D eigenvalue weighted by Crippen LogP contribution is -2.29. The van der Waals surface area contributed by atoms with Gasteiger partial charge in [-0.05, 0) is 53.8 Å². The molecule has 6 nitrogen and oxygen atoms in total. The third kappa shape index (κ3) is 4.81. The molecule has 37 heavy (non-hydrogen) atoms. The maximum absolute atomic E-state index is 13.8. The smallest absolute Gasteiger partial charge is 0.291 e. The van der Waals surface area contributed by atoms with E-state index in [1.807, 2.05) is 48.5 Å². The summed E-state index contributed by atoms with van der Waals surface area (Å²) in [5, 5.41) is 0.762. The molecular weight excluding hydrogens is 490 g/mol. The predicted octanol–water partition coefficient (Wildman–Crippen LogP) is 6.63. The fraction of sp³-hybridized carbons (Fsp3) is 0.267. The molecule has 1 atom stereocenters. The van der Waals surface area contributed by atoms with Crippen LogP contribution in [0.15, 0.2) is 75.9 Å². The van der Waals surface area contributed by atoms with Gasteiger partial charge in [-0.25, -0.2) is 0 Å². The second-order valence-corrected chi connectivity index (χ2v) is 10.0. The second-order valence-electron chi connectivity index (χ2n) is 9.58. The summed E-state index contributed by atoms with van der Waals surface area (Å²) in [6.07, 6.45) is 0.914. The van der Waals surface area contributed by atoms with Crippen LogP contribution in [0.25, 0.3) is 11.0 Å². The third-order valence-corrected chi connectivity index (χ3v) is 6.81. The summed E-state index contributed by atoms with van der Waals surface area (Å²) in [7, 11) is 1.58. The number of methoxy groups -OCH3 is 1. The Hall–Kier alpha value is -3.77. The van der Waals surface area contributed by atoms with Gasteiger partial charge in [-0.2, -0.15) is 0 Å². The number of fused-ring (bicyclic) bond motifs is 2. The molecule has 0 fully saturated rings. The van der Waals surface area contributed by atoms with Crippen molar-refractivity contribution in [3.63, 3.8) is 0 Å². The predicted molar refractivity (Wildman–Crippen MR) is 144 cm³/mol. The minimum atomic E-state index is -0.666. The minimum Gasteiger partial charge on any atom is -0.493 e. The van der Waals surface area contributed by atoms with Gasteiger partial charge in [-0.1, -0.05) is 61.8 Å². The summed E-state index contributed by atoms with van der Waals surface area (Å²) in [4.78, 5) is 29.1. The van der Waals surface area contributed by atoms with Crippen LogP contribution in [-0.4, -0.2) is 24.5 Å². The van der Waals surface area contributed by atoms with E-state index in [0.29, 0.717) is 52.1 Å². The molecule has 1 aliphatic rings. The first-order valence-electron chi connectivity index (χ1n) is 12.3. The standard InChI is InChI=1S/C30H28ClNO5/c1-18(2)13-14-36-24-11-9-20(15-25(24)35-3)27-26-28(33)22-16-21(31)10-12-23(22)37-29(26)30(34)32(27)17-19-7-5-4-6-8-19/h4-12,15-16,18,27H,13-14,17H2,1-3H3. The average molecular weight is 518 g/mol. The van der Waals surface area contributed by atoms with E-state index in [1.54, 1.807) is 30.2 Å². The summed E-state index contributed by atoms with van der Waals surface area (Å²) in [6.45, 7) is 5.15. The Kier molecular flexibility index (Phi) is 6.94. The second kappa shape index (κ2) is 10.3. The molecule has 1 aromatic heterocycles. The highest BCUT2D eigenvalue weighted by Gasteiger charge is 2.43. The first-order chi connectivity index (χ1) is 17.9. The van der Waals surface area contributed by atoms with Crippen molar-refractivity contribution < 1.29 is 18.7 Å². The third-order valence-electron chi connectivity index (χ3n) is 6.58. The molecule has 5 rings (SSSR count). The van der Waals surface area contributed by atoms with Crippen LogP contribution >= 0.6 is 11.6 Å². The van der Waals surface area contributed by atoms with Crippen molar-refractivity contribution in [3.8, 4) is 11.5 Å². The highest BCUT2D eigenvalue weighted by molar-refractivity contribution is 6.31. The van der Waals surface area contributed by atoms with Gasteiger partial charge >= 0.3 is 0 Å². The van der Waals surface area contributed by atoms with E-state index in [1.165, 1.54) is 0 Å². The van der Waals surface area contributed by atoms with Crippen LogP contribution in [0.2, 0.25) is 5.02 Å². The molecule has 0 N–H and O–H groups in total. The number of benzene rings is 3. The Morgan fingerprint density at radius 1 is 1.00 bits per heavy atom. The number of rotatable bonds is 8. The highest BCUT2D eigenvalue weighted by atomic mass is 35.5. The molecule has 1 unspecified atom stereocenters. The van der Waals surface area contributed by atoms with Crippen molar-refractivity contribution in [2.45, 2.75) is 32.9 Å². The van der Waals surface area contributed by atoms with Crippen LogP contribution in [0.3, 0.4) is 0 Å². The zero-order chi connectivity index (χ0) is 26.1. The monoisotopic (exact) mass is 517 g/mol. The quantitative estimate of drug-likeness (QED) is 0.262. The van der Waals surface area contributed by atoms with Crippen molar-refractivity contribution in [1.29, 1.82) is 0 Å². The lowest BCUT2D eigenvalue weighted by molar-refractivity contribution is 0.0714. The van der Waals surface area contributed by atoms with E-state index >= 15 is 0 Å². The Morgan fingerprint density at radius 2 is 1.78 bits per heavy atom. The number of ether oxygens (including phenoxy) is 2. The van der Waals surface area contributed by atoms with Gasteiger partial charge < -0.3 is 18.8 Å². The number of hydrogen-bond donors (Lipinski definition) is 0. The number of nitrogens with zero attached hydrogens (tertiary/aromatic N) is 1. The Bertz CT molecular complexity index is 1510. The number of hydrogen-bond acceptors (Lipinski definition) is 5. The van der Waals surface area contributed by atoms with Crippen LogP contribution in [0.1, 0.15) is 53.6 Å². The largest absolute Gasteiger partial charge is 0.493 e. The molecule has 0 saturated heterocycles. The van der Waals surface area contributed by atoms with E-state index < -0.39 is 6.04 Å². The maximum Gasteiger partial charge on any atom is 0.291 e. The topological polar surface area (TPSA) is 69.0 Å². The Labute approximate surface area is 220 Å². The van der Waals surface area contributed by atoms with Crippen molar-refractivity contribution in [2.24, 2.45) is 5.92 Å². The zero-order valence-corrected chi connectivity index (χ0v) is 21.7. The van der Waals surface area contributed by atoms with E-state index in [-0.39, 0.29) is 17.1 Å². The number of carbonyl (C=O) groups is 1. The number of carbonyl (C=O) groups excluding carboxylic acids is 1. The summed E-state index contributed by atoms with van der Waals surface area (Å²) >= 11 is 6.19. The fourth-order valence-electron chi connectivity index (χ4n) is 4.66. The van der Waals surface area contributed by atoms with E-state index in [0.717, 1.165) is 17.5 Å². The van der Waals surface area contributed by atoms with E-state index in [4.69, 9.17) is 25.5 Å². The van der Waals surface area contributed by atoms with Gasteiger partial charge in [-0.3, -0.25) is 9.59 Å². The van der Waals surface area contributed by atoms with Crippen LogP contribution in [-0.2, 0) is 6.54 Å². The molecule has 7 heteroatoms. The van der Waals surface area contributed by atoms with Gasteiger partial charge in [0, 0.05) is 11.6 Å². The molecular formula is C30H28ClNO5. The lowest BCUT2D eigenvalue weighted by atomic mass is 9.97. The molecule has 0 bridgehead atoms. The SMILES string of the molecule is COc1cc(C2c3c(oc4ccc(Cl)cc4c3=O)C(=O)N2Cc2ccccc2)ccc1OCCC(C)C. The zero-order valence-electron chi connectivity index (χ0n) is 21.0. The van der Waals surface area contributed by atoms with Gasteiger partial charge in [-0.15, -0.1) is 0 Å². The molecule has 190 valence electrons. The number of amides is 1. The summed E-state index contributed by atoms with van der Waals surface area (Å²) in [5.74, 6) is 1.38. The summed E-state index contributed by atoms with van der Waals surface area (Å²) in [5.41, 5.74) is 2.02. The maximum atomic E-state index is 13.8. The molecule has 0 aliphatic carbocycles. The molecule has 2 heterocycles. The normalized spacial score (nSPS) is 14.9. The Morgan fingerprint density at radius 3 is 2.51 bits per heavy atom. The molecule has 0 radical (unpaired) electrons. The fourth-order valence-corrected chi connectivity index (χ4v) is 4.83. The van der Waals surface area contributed by atoms with Crippen molar-refractivity contribution in [3.05, 3.63) is 104 Å². The summed E-state index contributed by atoms with van der Waals surface area (Å²) < 4.78 is 17.6. The molecule has 0 saturated carbocycles. The Balaban J connectivity index is 1.64. The molecule has 0 spiro atoms. The van der Waals surface area contributed by atoms with E-state index in [2.05, 4.69) is 13.8 Å². The van der Waals surface area contributed by atoms with Gasteiger partial charge in [0.15, 0.2) is 16.9 Å². The van der Waals surface area contributed by atoms with Crippen LogP contribution in [0.4, 0.5) is 0 Å². The highest BCUT2D eigenvalue weighted by Crippen LogP contribution is 2.42. The van der Waals surface area contributed by atoms with Crippen LogP contribution in [0.5, 0.6) is 11.5 Å². The molecule has 1 aliphatic heterocycles. The lowest BCUT2D eigenvalue weighted by Gasteiger charge is -2.26. The van der Waals surface area contributed by atoms with Crippen molar-refractivity contribution in [1.82, 2.24) is 4.90 Å². The first kappa shape index (κ1) is 24.9. The van der Waals surface area contributed by atoms with E-state index in [9.17, 15) is 9.59 Å². The molecule has 1 amide bonds. The first-order valence-corrected chi connectivity index (χ1v) is 12.7.